The van der Waals surface area contributed by atoms with Crippen molar-refractivity contribution in [2.45, 2.75) is 27.2 Å². The summed E-state index contributed by atoms with van der Waals surface area (Å²) in [6, 6.07) is 9.87. The number of amides is 1. The first-order chi connectivity index (χ1) is 11.9. The maximum atomic E-state index is 12.7. The van der Waals surface area contributed by atoms with E-state index in [-0.39, 0.29) is 5.91 Å². The second-order valence-corrected chi connectivity index (χ2v) is 7.95. The van der Waals surface area contributed by atoms with E-state index < -0.39 is 0 Å². The summed E-state index contributed by atoms with van der Waals surface area (Å²) in [5, 5.41) is 4.33. The van der Waals surface area contributed by atoms with Crippen LogP contribution in [0.2, 0.25) is 0 Å². The Hall–Kier alpha value is -2.14. The van der Waals surface area contributed by atoms with Crippen molar-refractivity contribution < 1.29 is 4.79 Å². The molecule has 2 aromatic rings. The third-order valence-electron chi connectivity index (χ3n) is 4.69. The zero-order chi connectivity index (χ0) is 17.9. The topological polar surface area (TPSA) is 41.4 Å². The monoisotopic (exact) mass is 340 g/mol. The number of carbonyl (C=O) groups excluding carboxylic acids is 1. The van der Waals surface area contributed by atoms with Crippen LogP contribution in [0.5, 0.6) is 0 Å². The van der Waals surface area contributed by atoms with Gasteiger partial charge in [-0.15, -0.1) is 0 Å². The highest BCUT2D eigenvalue weighted by Gasteiger charge is 2.24. The van der Waals surface area contributed by atoms with Crippen LogP contribution in [-0.4, -0.2) is 58.2 Å². The van der Waals surface area contributed by atoms with E-state index in [2.05, 4.69) is 30.8 Å². The molecule has 25 heavy (non-hydrogen) atoms. The molecule has 0 aliphatic carbocycles. The highest BCUT2D eigenvalue weighted by molar-refractivity contribution is 5.93. The van der Waals surface area contributed by atoms with Gasteiger partial charge < -0.3 is 4.90 Å². The number of benzene rings is 1. The van der Waals surface area contributed by atoms with Crippen molar-refractivity contribution in [2.75, 3.05) is 32.7 Å². The van der Waals surface area contributed by atoms with Crippen LogP contribution in [0.4, 0.5) is 0 Å². The van der Waals surface area contributed by atoms with Crippen molar-refractivity contribution >= 4 is 5.91 Å². The van der Waals surface area contributed by atoms with E-state index in [1.165, 1.54) is 6.42 Å². The molecule has 1 aromatic heterocycles. The molecule has 1 amide bonds. The summed E-state index contributed by atoms with van der Waals surface area (Å²) >= 11 is 0. The first-order valence-electron chi connectivity index (χ1n) is 9.04. The normalized spacial score (nSPS) is 16.2. The van der Waals surface area contributed by atoms with E-state index >= 15 is 0 Å². The largest absolute Gasteiger partial charge is 0.336 e. The Morgan fingerprint density at radius 2 is 1.76 bits per heavy atom. The van der Waals surface area contributed by atoms with Crippen LogP contribution in [0.25, 0.3) is 5.69 Å². The summed E-state index contributed by atoms with van der Waals surface area (Å²) in [6.45, 7) is 11.4. The molecule has 1 aromatic carbocycles. The van der Waals surface area contributed by atoms with Gasteiger partial charge in [0.25, 0.3) is 5.91 Å². The van der Waals surface area contributed by atoms with Gasteiger partial charge in [-0.2, -0.15) is 5.10 Å². The molecule has 1 fully saturated rings. The molecule has 0 saturated carbocycles. The second-order valence-electron chi connectivity index (χ2n) is 7.95. The summed E-state index contributed by atoms with van der Waals surface area (Å²) in [5.41, 5.74) is 1.99. The summed E-state index contributed by atoms with van der Waals surface area (Å²) in [6.07, 6.45) is 4.68. The first-order valence-corrected chi connectivity index (χ1v) is 9.04. The molecule has 0 unspecified atom stereocenters. The zero-order valence-electron chi connectivity index (χ0n) is 15.5. The molecule has 1 aliphatic heterocycles. The maximum absolute atomic E-state index is 12.7. The molecule has 0 radical (unpaired) electrons. The minimum Gasteiger partial charge on any atom is -0.336 e. The lowest BCUT2D eigenvalue weighted by Gasteiger charge is -2.35. The fourth-order valence-electron chi connectivity index (χ4n) is 3.01. The van der Waals surface area contributed by atoms with Crippen molar-refractivity contribution in [2.24, 2.45) is 5.41 Å². The number of nitrogens with zero attached hydrogens (tertiary/aromatic N) is 4. The molecular weight excluding hydrogens is 312 g/mol. The minimum absolute atomic E-state index is 0.0812. The van der Waals surface area contributed by atoms with E-state index in [0.717, 1.165) is 38.4 Å². The molecule has 0 bridgehead atoms. The van der Waals surface area contributed by atoms with Gasteiger partial charge in [0.05, 0.1) is 17.4 Å². The minimum atomic E-state index is 0.0812. The first kappa shape index (κ1) is 17.7. The zero-order valence-corrected chi connectivity index (χ0v) is 15.5. The number of piperazine rings is 1. The van der Waals surface area contributed by atoms with E-state index in [1.54, 1.807) is 10.9 Å². The molecule has 0 spiro atoms. The smallest absolute Gasteiger partial charge is 0.257 e. The van der Waals surface area contributed by atoms with Crippen molar-refractivity contribution in [1.82, 2.24) is 19.6 Å². The van der Waals surface area contributed by atoms with Gasteiger partial charge in [-0.05, 0) is 30.5 Å². The molecule has 2 heterocycles. The lowest BCUT2D eigenvalue weighted by atomic mass is 9.92. The van der Waals surface area contributed by atoms with Crippen molar-refractivity contribution in [3.63, 3.8) is 0 Å². The third kappa shape index (κ3) is 4.69. The van der Waals surface area contributed by atoms with Crippen LogP contribution in [0.15, 0.2) is 42.7 Å². The summed E-state index contributed by atoms with van der Waals surface area (Å²) < 4.78 is 1.76. The number of para-hydroxylation sites is 1. The Bertz CT molecular complexity index is 694. The lowest BCUT2D eigenvalue weighted by molar-refractivity contribution is 0.0623. The standard InChI is InChI=1S/C20H28N4O/c1-20(2,3)9-10-22-11-13-23(14-12-22)19(25)17-15-21-24(16-17)18-7-5-4-6-8-18/h4-8,15-16H,9-14H2,1-3H3. The molecule has 1 saturated heterocycles. The van der Waals surface area contributed by atoms with Crippen LogP contribution < -0.4 is 0 Å². The Morgan fingerprint density at radius 1 is 1.08 bits per heavy atom. The molecule has 1 aliphatic rings. The fourth-order valence-corrected chi connectivity index (χ4v) is 3.01. The second kappa shape index (κ2) is 7.40. The Morgan fingerprint density at radius 3 is 2.40 bits per heavy atom. The predicted octanol–water partition coefficient (Wildman–Crippen LogP) is 3.07. The average molecular weight is 340 g/mol. The van der Waals surface area contributed by atoms with Crippen LogP contribution in [-0.2, 0) is 0 Å². The van der Waals surface area contributed by atoms with Gasteiger partial charge in [-0.3, -0.25) is 9.69 Å². The molecule has 0 atom stereocenters. The molecule has 5 heteroatoms. The molecule has 0 N–H and O–H groups in total. The van der Waals surface area contributed by atoms with E-state index in [1.807, 2.05) is 41.4 Å². The van der Waals surface area contributed by atoms with Gasteiger partial charge in [0.15, 0.2) is 0 Å². The summed E-state index contributed by atoms with van der Waals surface area (Å²) in [4.78, 5) is 17.1. The lowest BCUT2D eigenvalue weighted by Crippen LogP contribution is -2.49. The molecule has 5 nitrogen and oxygen atoms in total. The number of hydrogen-bond acceptors (Lipinski definition) is 3. The molecule has 3 rings (SSSR count). The molecule has 134 valence electrons. The number of aromatic nitrogens is 2. The number of rotatable bonds is 4. The van der Waals surface area contributed by atoms with E-state index in [0.29, 0.717) is 11.0 Å². The van der Waals surface area contributed by atoms with Gasteiger partial charge in [-0.1, -0.05) is 39.0 Å². The number of carbonyl (C=O) groups is 1. The Kier molecular flexibility index (Phi) is 5.23. The summed E-state index contributed by atoms with van der Waals surface area (Å²) in [5.74, 6) is 0.0812. The van der Waals surface area contributed by atoms with Gasteiger partial charge >= 0.3 is 0 Å². The maximum Gasteiger partial charge on any atom is 0.257 e. The van der Waals surface area contributed by atoms with Gasteiger partial charge in [0, 0.05) is 32.4 Å². The average Bonchev–Trinajstić information content (AvgIpc) is 3.10. The highest BCUT2D eigenvalue weighted by Crippen LogP contribution is 2.19. The van der Waals surface area contributed by atoms with E-state index in [4.69, 9.17) is 0 Å². The Balaban J connectivity index is 1.56. The van der Waals surface area contributed by atoms with Crippen molar-refractivity contribution in [3.05, 3.63) is 48.3 Å². The van der Waals surface area contributed by atoms with Crippen LogP contribution in [0.3, 0.4) is 0 Å². The molecular formula is C20H28N4O. The SMILES string of the molecule is CC(C)(C)CCN1CCN(C(=O)c2cnn(-c3ccccc3)c2)CC1. The van der Waals surface area contributed by atoms with Crippen molar-refractivity contribution in [1.29, 1.82) is 0 Å². The summed E-state index contributed by atoms with van der Waals surface area (Å²) in [7, 11) is 0. The highest BCUT2D eigenvalue weighted by atomic mass is 16.2. The quantitative estimate of drug-likeness (QED) is 0.859. The van der Waals surface area contributed by atoms with Crippen LogP contribution in [0, 0.1) is 5.41 Å². The third-order valence-corrected chi connectivity index (χ3v) is 4.69. The Labute approximate surface area is 150 Å². The van der Waals surface area contributed by atoms with Crippen LogP contribution in [0.1, 0.15) is 37.6 Å². The van der Waals surface area contributed by atoms with Crippen molar-refractivity contribution in [3.8, 4) is 5.69 Å². The number of hydrogen-bond donors (Lipinski definition) is 0. The fraction of sp³-hybridized carbons (Fsp3) is 0.500. The van der Waals surface area contributed by atoms with E-state index in [9.17, 15) is 4.79 Å². The van der Waals surface area contributed by atoms with Gasteiger partial charge in [-0.25, -0.2) is 4.68 Å². The van der Waals surface area contributed by atoms with Crippen LogP contribution >= 0.6 is 0 Å². The predicted molar refractivity (Wildman–Crippen MR) is 100.0 cm³/mol. The van der Waals surface area contributed by atoms with Gasteiger partial charge in [0.1, 0.15) is 0 Å². The van der Waals surface area contributed by atoms with Gasteiger partial charge in [0.2, 0.25) is 0 Å².